The van der Waals surface area contributed by atoms with Crippen molar-refractivity contribution in [2.24, 2.45) is 5.73 Å². The van der Waals surface area contributed by atoms with Crippen molar-refractivity contribution < 1.29 is 4.79 Å². The summed E-state index contributed by atoms with van der Waals surface area (Å²) >= 11 is 0. The zero-order chi connectivity index (χ0) is 6.20. The van der Waals surface area contributed by atoms with Crippen LogP contribution in [0.4, 0.5) is 0 Å². The first-order valence-corrected chi connectivity index (χ1v) is 2.70. The van der Waals surface area contributed by atoms with Crippen molar-refractivity contribution in [3.8, 4) is 0 Å². The van der Waals surface area contributed by atoms with Gasteiger partial charge in [0.25, 0.3) is 0 Å². The number of nitrogens with two attached hydrogens (primary N) is 1. The first-order valence-electron chi connectivity index (χ1n) is 2.70. The Morgan fingerprint density at radius 3 is 2.62 bits per heavy atom. The maximum atomic E-state index is 10.7. The van der Waals surface area contributed by atoms with Crippen molar-refractivity contribution >= 4 is 5.91 Å². The zero-order valence-corrected chi connectivity index (χ0v) is 4.90. The minimum absolute atomic E-state index is 0.0301. The maximum absolute atomic E-state index is 10.7. The van der Waals surface area contributed by atoms with Gasteiger partial charge in [0, 0.05) is 6.54 Å². The third-order valence-corrected chi connectivity index (χ3v) is 1.45. The summed E-state index contributed by atoms with van der Waals surface area (Å²) in [5.74, 6) is -0.0301. The summed E-state index contributed by atoms with van der Waals surface area (Å²) in [5.41, 5.74) is 4.91. The van der Waals surface area contributed by atoms with Crippen molar-refractivity contribution in [1.29, 1.82) is 0 Å². The van der Waals surface area contributed by atoms with Crippen LogP contribution in [0.15, 0.2) is 0 Å². The summed E-state index contributed by atoms with van der Waals surface area (Å²) in [6.45, 7) is 2.47. The molecule has 0 aliphatic carbocycles. The molecular weight excluding hydrogens is 104 g/mol. The number of nitrogens with one attached hydrogen (secondary N) is 1. The molecule has 0 saturated carbocycles. The number of carbonyl (C=O) groups excluding carboxylic acids is 1. The summed E-state index contributed by atoms with van der Waals surface area (Å²) in [5, 5.41) is 2.65. The fourth-order valence-corrected chi connectivity index (χ4v) is 0.751. The van der Waals surface area contributed by atoms with Crippen LogP contribution >= 0.6 is 0 Å². The van der Waals surface area contributed by atoms with Crippen LogP contribution in [-0.4, -0.2) is 18.0 Å². The van der Waals surface area contributed by atoms with Crippen LogP contribution < -0.4 is 11.1 Å². The van der Waals surface area contributed by atoms with Crippen LogP contribution in [0.25, 0.3) is 0 Å². The van der Waals surface area contributed by atoms with E-state index in [1.807, 2.05) is 0 Å². The monoisotopic (exact) mass is 114 g/mol. The molecular formula is C5H10N2O. The molecule has 1 atom stereocenters. The lowest BCUT2D eigenvalue weighted by molar-refractivity contribution is -0.123. The normalized spacial score (nSPS) is 37.5. The molecule has 0 aromatic rings. The number of hydrogen-bond donors (Lipinski definition) is 2. The first kappa shape index (κ1) is 5.56. The van der Waals surface area contributed by atoms with Gasteiger partial charge in [-0.15, -0.1) is 0 Å². The second-order valence-electron chi connectivity index (χ2n) is 2.42. The number of hydrogen-bond acceptors (Lipinski definition) is 2. The van der Waals surface area contributed by atoms with Gasteiger partial charge < -0.3 is 11.1 Å². The third-order valence-electron chi connectivity index (χ3n) is 1.45. The Morgan fingerprint density at radius 1 is 1.88 bits per heavy atom. The summed E-state index contributed by atoms with van der Waals surface area (Å²) in [6.07, 6.45) is 0.756. The van der Waals surface area contributed by atoms with E-state index >= 15 is 0 Å². The lowest BCUT2D eigenvalue weighted by Crippen LogP contribution is -2.43. The van der Waals surface area contributed by atoms with E-state index in [1.54, 1.807) is 6.92 Å². The van der Waals surface area contributed by atoms with Gasteiger partial charge in [-0.25, -0.2) is 0 Å². The highest BCUT2D eigenvalue weighted by atomic mass is 16.2. The van der Waals surface area contributed by atoms with Crippen molar-refractivity contribution in [2.45, 2.75) is 18.9 Å². The molecule has 46 valence electrons. The largest absolute Gasteiger partial charge is 0.354 e. The quantitative estimate of drug-likeness (QED) is 0.434. The van der Waals surface area contributed by atoms with Crippen LogP contribution in [-0.2, 0) is 4.79 Å². The highest BCUT2D eigenvalue weighted by Crippen LogP contribution is 2.09. The standard InChI is InChI=1S/C5H10N2O/c1-5(6)2-3-7-4(5)8/h2-3,6H2,1H3,(H,7,8)/t5-/m0/s1. The molecule has 0 radical (unpaired) electrons. The lowest BCUT2D eigenvalue weighted by atomic mass is 10.0. The SMILES string of the molecule is C[C@]1(N)CCNC1=O. The molecule has 0 spiro atoms. The van der Waals surface area contributed by atoms with Gasteiger partial charge in [0.15, 0.2) is 0 Å². The predicted molar refractivity (Wildman–Crippen MR) is 30.2 cm³/mol. The average molecular weight is 114 g/mol. The molecule has 0 aromatic carbocycles. The predicted octanol–water partition coefficient (Wildman–Crippen LogP) is -0.776. The summed E-state index contributed by atoms with van der Waals surface area (Å²) in [4.78, 5) is 10.7. The van der Waals surface area contributed by atoms with E-state index in [0.717, 1.165) is 13.0 Å². The molecule has 1 rings (SSSR count). The Kier molecular flexibility index (Phi) is 1.01. The molecule has 1 saturated heterocycles. The van der Waals surface area contributed by atoms with E-state index in [4.69, 9.17) is 5.73 Å². The number of carbonyl (C=O) groups is 1. The highest BCUT2D eigenvalue weighted by molar-refractivity contribution is 5.87. The van der Waals surface area contributed by atoms with Crippen LogP contribution in [0.5, 0.6) is 0 Å². The second kappa shape index (κ2) is 1.45. The Balaban J connectivity index is 2.68. The van der Waals surface area contributed by atoms with E-state index in [1.165, 1.54) is 0 Å². The smallest absolute Gasteiger partial charge is 0.239 e. The van der Waals surface area contributed by atoms with Gasteiger partial charge in [-0.05, 0) is 13.3 Å². The Morgan fingerprint density at radius 2 is 2.50 bits per heavy atom. The van der Waals surface area contributed by atoms with Gasteiger partial charge >= 0.3 is 0 Å². The Bertz CT molecular complexity index is 120. The number of rotatable bonds is 0. The van der Waals surface area contributed by atoms with Crippen molar-refractivity contribution in [2.75, 3.05) is 6.54 Å². The summed E-state index contributed by atoms with van der Waals surface area (Å²) < 4.78 is 0. The molecule has 1 aliphatic rings. The first-order chi connectivity index (χ1) is 3.63. The average Bonchev–Trinajstić information content (AvgIpc) is 1.86. The van der Waals surface area contributed by atoms with Gasteiger partial charge in [0.2, 0.25) is 5.91 Å². The topological polar surface area (TPSA) is 55.1 Å². The van der Waals surface area contributed by atoms with Crippen molar-refractivity contribution in [3.05, 3.63) is 0 Å². The highest BCUT2D eigenvalue weighted by Gasteiger charge is 2.32. The molecule has 0 bridgehead atoms. The molecule has 3 N–H and O–H groups in total. The molecule has 0 unspecified atom stereocenters. The summed E-state index contributed by atoms with van der Waals surface area (Å²) in [6, 6.07) is 0. The van der Waals surface area contributed by atoms with Gasteiger partial charge in [0.1, 0.15) is 0 Å². The molecule has 1 heterocycles. The minimum atomic E-state index is -0.597. The van der Waals surface area contributed by atoms with Gasteiger partial charge in [-0.2, -0.15) is 0 Å². The van der Waals surface area contributed by atoms with Crippen LogP contribution in [0, 0.1) is 0 Å². The Labute approximate surface area is 48.2 Å². The molecule has 0 aromatic heterocycles. The fraction of sp³-hybridized carbons (Fsp3) is 0.800. The Hall–Kier alpha value is -0.570. The molecule has 3 heteroatoms. The molecule has 1 fully saturated rings. The second-order valence-corrected chi connectivity index (χ2v) is 2.42. The molecule has 1 aliphatic heterocycles. The van der Waals surface area contributed by atoms with E-state index in [2.05, 4.69) is 5.32 Å². The van der Waals surface area contributed by atoms with Crippen LogP contribution in [0.2, 0.25) is 0 Å². The third kappa shape index (κ3) is 0.690. The minimum Gasteiger partial charge on any atom is -0.354 e. The van der Waals surface area contributed by atoms with Crippen molar-refractivity contribution in [1.82, 2.24) is 5.32 Å². The van der Waals surface area contributed by atoms with Gasteiger partial charge in [0.05, 0.1) is 5.54 Å². The maximum Gasteiger partial charge on any atom is 0.239 e. The van der Waals surface area contributed by atoms with Crippen molar-refractivity contribution in [3.63, 3.8) is 0 Å². The molecule has 3 nitrogen and oxygen atoms in total. The van der Waals surface area contributed by atoms with E-state index in [-0.39, 0.29) is 5.91 Å². The van der Waals surface area contributed by atoms with E-state index in [0.29, 0.717) is 0 Å². The van der Waals surface area contributed by atoms with Gasteiger partial charge in [-0.1, -0.05) is 0 Å². The van der Waals surface area contributed by atoms with Gasteiger partial charge in [-0.3, -0.25) is 4.79 Å². The fourth-order valence-electron chi connectivity index (χ4n) is 0.751. The summed E-state index contributed by atoms with van der Waals surface area (Å²) in [7, 11) is 0. The van der Waals surface area contributed by atoms with Crippen LogP contribution in [0.1, 0.15) is 13.3 Å². The molecule has 8 heavy (non-hydrogen) atoms. The van der Waals surface area contributed by atoms with Crippen LogP contribution in [0.3, 0.4) is 0 Å². The number of amides is 1. The zero-order valence-electron chi connectivity index (χ0n) is 4.90. The lowest BCUT2D eigenvalue weighted by Gasteiger charge is -2.10. The van der Waals surface area contributed by atoms with E-state index in [9.17, 15) is 4.79 Å². The molecule has 1 amide bonds. The van der Waals surface area contributed by atoms with E-state index < -0.39 is 5.54 Å².